The van der Waals surface area contributed by atoms with E-state index in [1.54, 1.807) is 63.6 Å². The number of carboxylic acid groups (broad SMARTS) is 1. The van der Waals surface area contributed by atoms with Crippen LogP contribution < -0.4 is 32.3 Å². The maximum atomic E-state index is 13.9. The Morgan fingerprint density at radius 1 is 0.815 bits per heavy atom. The van der Waals surface area contributed by atoms with Gasteiger partial charge in [0.1, 0.15) is 29.8 Å². The molecule has 0 bridgehead atoms. The van der Waals surface area contributed by atoms with Gasteiger partial charge in [-0.3, -0.25) is 28.8 Å². The van der Waals surface area contributed by atoms with Crippen molar-refractivity contribution in [1.82, 2.24) is 31.6 Å². The van der Waals surface area contributed by atoms with E-state index >= 15 is 0 Å². The number of benzene rings is 2. The zero-order valence-corrected chi connectivity index (χ0v) is 31.5. The topological polar surface area (TPSA) is 251 Å². The Morgan fingerprint density at radius 2 is 1.43 bits per heavy atom. The first kappa shape index (κ1) is 42.8. The number of hydrogen-bond acceptors (Lipinski definition) is 9. The minimum absolute atomic E-state index is 0.0257. The van der Waals surface area contributed by atoms with Crippen LogP contribution in [0.1, 0.15) is 51.2 Å². The molecule has 0 radical (unpaired) electrons. The van der Waals surface area contributed by atoms with E-state index in [0.717, 1.165) is 10.9 Å². The molecule has 3 aromatic rings. The first-order chi connectivity index (χ1) is 25.6. The van der Waals surface area contributed by atoms with Gasteiger partial charge in [-0.1, -0.05) is 48.5 Å². The van der Waals surface area contributed by atoms with E-state index < -0.39 is 77.8 Å². The summed E-state index contributed by atoms with van der Waals surface area (Å²) in [4.78, 5) is 93.2. The van der Waals surface area contributed by atoms with Crippen LogP contribution in [0.5, 0.6) is 0 Å². The summed E-state index contributed by atoms with van der Waals surface area (Å²) in [5.74, 6) is -4.95. The molecule has 3 rings (SSSR count). The van der Waals surface area contributed by atoms with E-state index in [0.29, 0.717) is 16.9 Å². The van der Waals surface area contributed by atoms with Gasteiger partial charge in [0, 0.05) is 42.9 Å². The summed E-state index contributed by atoms with van der Waals surface area (Å²) in [6, 6.07) is 10.8. The maximum absolute atomic E-state index is 13.9. The zero-order chi connectivity index (χ0) is 39.8. The number of alkyl carbamates (subject to hydrolysis) is 1. The second kappa shape index (κ2) is 20.6. The second-order valence-corrected chi connectivity index (χ2v) is 14.5. The number of fused-ring (bicyclic) bond motifs is 1. The number of nitrogens with two attached hydrogens (primary N) is 1. The van der Waals surface area contributed by atoms with Crippen LogP contribution in [0.15, 0.2) is 60.8 Å². The fraction of sp³-hybridized carbons (Fsp3) is 0.432. The molecule has 4 atom stereocenters. The van der Waals surface area contributed by atoms with Crippen LogP contribution >= 0.6 is 11.8 Å². The van der Waals surface area contributed by atoms with Crippen LogP contribution in [0, 0.1) is 0 Å². The van der Waals surface area contributed by atoms with Crippen molar-refractivity contribution in [2.45, 2.75) is 82.6 Å². The molecule has 0 aliphatic heterocycles. The number of ether oxygens (including phenoxy) is 1. The molecule has 0 aliphatic carbocycles. The molecular weight excluding hydrogens is 719 g/mol. The van der Waals surface area contributed by atoms with E-state index in [1.807, 2.05) is 24.3 Å². The lowest BCUT2D eigenvalue weighted by Crippen LogP contribution is -2.59. The molecule has 1 aromatic heterocycles. The number of hydrogen-bond donors (Lipinski definition) is 8. The summed E-state index contributed by atoms with van der Waals surface area (Å²) < 4.78 is 5.20. The number of carboxylic acids is 1. The first-order valence-corrected chi connectivity index (χ1v) is 18.7. The van der Waals surface area contributed by atoms with Gasteiger partial charge in [0.2, 0.25) is 29.5 Å². The van der Waals surface area contributed by atoms with Gasteiger partial charge in [-0.05, 0) is 56.4 Å². The number of rotatable bonds is 20. The van der Waals surface area contributed by atoms with Crippen molar-refractivity contribution in [3.8, 4) is 0 Å². The smallest absolute Gasteiger partial charge is 0.407 e. The molecule has 16 nitrogen and oxygen atoms in total. The van der Waals surface area contributed by atoms with Crippen LogP contribution in [-0.4, -0.2) is 100 Å². The number of amides is 6. The molecular formula is C37H49N7O9S. The fourth-order valence-corrected chi connectivity index (χ4v) is 5.84. The van der Waals surface area contributed by atoms with Gasteiger partial charge in [-0.2, -0.15) is 11.8 Å². The van der Waals surface area contributed by atoms with Gasteiger partial charge in [-0.15, -0.1) is 0 Å². The Hall–Kier alpha value is -5.58. The van der Waals surface area contributed by atoms with Crippen molar-refractivity contribution in [3.63, 3.8) is 0 Å². The van der Waals surface area contributed by atoms with Crippen molar-refractivity contribution < 1.29 is 43.4 Å². The average Bonchev–Trinajstić information content (AvgIpc) is 3.51. The van der Waals surface area contributed by atoms with E-state index in [4.69, 9.17) is 10.5 Å². The van der Waals surface area contributed by atoms with Gasteiger partial charge >= 0.3 is 12.1 Å². The third kappa shape index (κ3) is 14.4. The van der Waals surface area contributed by atoms with E-state index in [1.165, 1.54) is 11.8 Å². The van der Waals surface area contributed by atoms with Crippen molar-refractivity contribution in [2.75, 3.05) is 18.6 Å². The van der Waals surface area contributed by atoms with Gasteiger partial charge in [0.25, 0.3) is 0 Å². The molecule has 0 unspecified atom stereocenters. The molecule has 9 N–H and O–H groups in total. The third-order valence-corrected chi connectivity index (χ3v) is 8.61. The zero-order valence-electron chi connectivity index (χ0n) is 30.7. The molecule has 0 aliphatic rings. The van der Waals surface area contributed by atoms with Gasteiger partial charge < -0.3 is 47.1 Å². The highest BCUT2D eigenvalue weighted by atomic mass is 32.2. The summed E-state index contributed by atoms with van der Waals surface area (Å²) in [6.45, 7) is 5.03. The van der Waals surface area contributed by atoms with E-state index in [2.05, 4.69) is 31.6 Å². The second-order valence-electron chi connectivity index (χ2n) is 13.5. The molecule has 0 fully saturated rings. The predicted octanol–water partition coefficient (Wildman–Crippen LogP) is 1.52. The van der Waals surface area contributed by atoms with Crippen LogP contribution in [-0.2, 0) is 46.3 Å². The normalized spacial score (nSPS) is 13.4. The number of aromatic amines is 1. The Kier molecular flexibility index (Phi) is 16.3. The maximum Gasteiger partial charge on any atom is 0.407 e. The highest BCUT2D eigenvalue weighted by Crippen LogP contribution is 2.19. The number of primary amides is 1. The molecule has 54 heavy (non-hydrogen) atoms. The highest BCUT2D eigenvalue weighted by molar-refractivity contribution is 7.98. The SMILES string of the molecule is CSCC[C@@H](NC(=O)[C@H](Cc1c[nH]c2ccccc12)NC(=O)CCNC(=O)OC(C)(C)C)C(=O)N[C@@H](CC(=O)O)C(=O)N[C@H](Cc1ccccc1)C(N)=O. The largest absolute Gasteiger partial charge is 0.481 e. The summed E-state index contributed by atoms with van der Waals surface area (Å²) >= 11 is 1.39. The summed E-state index contributed by atoms with van der Waals surface area (Å²) in [6.07, 6.45) is 1.93. The Bertz CT molecular complexity index is 1780. The molecule has 6 amide bonds. The van der Waals surface area contributed by atoms with Crippen molar-refractivity contribution in [1.29, 1.82) is 0 Å². The van der Waals surface area contributed by atoms with Crippen molar-refractivity contribution >= 4 is 64.3 Å². The number of nitrogens with one attached hydrogen (secondary N) is 6. The molecule has 17 heteroatoms. The Morgan fingerprint density at radius 3 is 2.07 bits per heavy atom. The van der Waals surface area contributed by atoms with Crippen molar-refractivity contribution in [3.05, 3.63) is 71.9 Å². The fourth-order valence-electron chi connectivity index (χ4n) is 5.37. The van der Waals surface area contributed by atoms with Gasteiger partial charge in [0.05, 0.1) is 6.42 Å². The lowest BCUT2D eigenvalue weighted by molar-refractivity contribution is -0.141. The Labute approximate surface area is 317 Å². The molecule has 2 aromatic carbocycles. The van der Waals surface area contributed by atoms with Gasteiger partial charge in [-0.25, -0.2) is 4.79 Å². The number of aliphatic carboxylic acids is 1. The molecule has 1 heterocycles. The van der Waals surface area contributed by atoms with E-state index in [9.17, 15) is 38.7 Å². The predicted molar refractivity (Wildman–Crippen MR) is 203 cm³/mol. The monoisotopic (exact) mass is 767 g/mol. The minimum atomic E-state index is -1.62. The van der Waals surface area contributed by atoms with Gasteiger partial charge in [0.15, 0.2) is 0 Å². The summed E-state index contributed by atoms with van der Waals surface area (Å²) in [7, 11) is 0. The quantitative estimate of drug-likeness (QED) is 0.0823. The number of aromatic nitrogens is 1. The third-order valence-electron chi connectivity index (χ3n) is 7.97. The number of carbonyl (C=O) groups excluding carboxylic acids is 6. The lowest BCUT2D eigenvalue weighted by atomic mass is 10.0. The highest BCUT2D eigenvalue weighted by Gasteiger charge is 2.32. The lowest BCUT2D eigenvalue weighted by Gasteiger charge is -2.26. The number of para-hydroxylation sites is 1. The molecule has 0 saturated carbocycles. The summed E-state index contributed by atoms with van der Waals surface area (Å²) in [5.41, 5.74) is 7.00. The number of carbonyl (C=O) groups is 7. The standard InChI is InChI=1S/C37H49N7O9S/c1-37(2,3)53-36(52)39-16-14-30(45)41-28(19-23-21-40-25-13-9-8-12-24(23)25)34(50)42-26(15-17-54-4)33(49)44-29(20-31(46)47)35(51)43-27(32(38)48)18-22-10-6-5-7-11-22/h5-13,21,26-29,40H,14-20H2,1-4H3,(H2,38,48)(H,39,52)(H,41,45)(H,42,50)(H,43,51)(H,44,49)(H,46,47)/t26-,27-,28+,29+/m1/s1. The molecule has 292 valence electrons. The minimum Gasteiger partial charge on any atom is -0.481 e. The summed E-state index contributed by atoms with van der Waals surface area (Å²) in [5, 5.41) is 23.1. The average molecular weight is 768 g/mol. The molecule has 0 spiro atoms. The number of H-pyrrole nitrogens is 1. The number of thioether (sulfide) groups is 1. The first-order valence-electron chi connectivity index (χ1n) is 17.3. The van der Waals surface area contributed by atoms with Crippen molar-refractivity contribution in [2.24, 2.45) is 5.73 Å². The Balaban J connectivity index is 1.79. The van der Waals surface area contributed by atoms with Crippen LogP contribution in [0.3, 0.4) is 0 Å². The van der Waals surface area contributed by atoms with E-state index in [-0.39, 0.29) is 32.2 Å². The van der Waals surface area contributed by atoms with Crippen LogP contribution in [0.2, 0.25) is 0 Å². The van der Waals surface area contributed by atoms with Crippen LogP contribution in [0.25, 0.3) is 10.9 Å². The van der Waals surface area contributed by atoms with Crippen LogP contribution in [0.4, 0.5) is 4.79 Å². The molecule has 0 saturated heterocycles.